The number of nitrogens with one attached hydrogen (secondary N) is 1. The molecule has 0 saturated carbocycles. The van der Waals surface area contributed by atoms with Crippen LogP contribution in [0.25, 0.3) is 10.2 Å². The number of nitrogens with zero attached hydrogens (tertiary/aromatic N) is 2. The number of amides is 1. The summed E-state index contributed by atoms with van der Waals surface area (Å²) in [6.07, 6.45) is 1.98. The summed E-state index contributed by atoms with van der Waals surface area (Å²) < 4.78 is 0. The lowest BCUT2D eigenvalue weighted by Gasteiger charge is -2.08. The van der Waals surface area contributed by atoms with Crippen LogP contribution in [0, 0.1) is 20.8 Å². The molecule has 0 fully saturated rings. The van der Waals surface area contributed by atoms with Crippen molar-refractivity contribution in [2.45, 2.75) is 32.2 Å². The van der Waals surface area contributed by atoms with Crippen LogP contribution in [0.4, 0.5) is 5.69 Å². The van der Waals surface area contributed by atoms with E-state index in [1.165, 1.54) is 10.4 Å². The number of fused-ring (bicyclic) bond motifs is 1. The van der Waals surface area contributed by atoms with Gasteiger partial charge in [0, 0.05) is 22.4 Å². The zero-order chi connectivity index (χ0) is 18.0. The molecule has 4 nitrogen and oxygen atoms in total. The van der Waals surface area contributed by atoms with Gasteiger partial charge in [-0.05, 0) is 44.0 Å². The molecule has 130 valence electrons. The largest absolute Gasteiger partial charge is 0.325 e. The molecular weight excluding hydrogens is 374 g/mol. The van der Waals surface area contributed by atoms with Crippen molar-refractivity contribution in [1.82, 2.24) is 9.97 Å². The van der Waals surface area contributed by atoms with Crippen molar-refractivity contribution in [2.75, 3.05) is 11.1 Å². The quantitative estimate of drug-likeness (QED) is 0.468. The molecule has 1 N–H and O–H groups in total. The van der Waals surface area contributed by atoms with E-state index in [0.717, 1.165) is 20.8 Å². The van der Waals surface area contributed by atoms with E-state index in [4.69, 9.17) is 11.6 Å². The van der Waals surface area contributed by atoms with Crippen LogP contribution in [0.2, 0.25) is 5.02 Å². The number of hydrogen-bond acceptors (Lipinski definition) is 5. The van der Waals surface area contributed by atoms with E-state index in [1.54, 1.807) is 29.4 Å². The zero-order valence-electron chi connectivity index (χ0n) is 14.2. The highest BCUT2D eigenvalue weighted by atomic mass is 35.5. The smallest absolute Gasteiger partial charge is 0.225 e. The van der Waals surface area contributed by atoms with Crippen molar-refractivity contribution in [1.29, 1.82) is 0 Å². The second-order valence-corrected chi connectivity index (χ2v) is 8.47. The molecule has 7 heteroatoms. The summed E-state index contributed by atoms with van der Waals surface area (Å²) in [4.78, 5) is 23.1. The lowest BCUT2D eigenvalue weighted by molar-refractivity contribution is -0.115. The van der Waals surface area contributed by atoms with Crippen molar-refractivity contribution in [3.63, 3.8) is 0 Å². The fourth-order valence-corrected chi connectivity index (χ4v) is 4.77. The number of carbonyl (C=O) groups excluding carboxylic acids is 1. The molecule has 2 heterocycles. The Bertz CT molecular complexity index is 939. The molecular formula is C18H18ClN3OS2. The molecule has 0 aliphatic carbocycles. The van der Waals surface area contributed by atoms with Crippen molar-refractivity contribution >= 4 is 56.5 Å². The van der Waals surface area contributed by atoms with E-state index >= 15 is 0 Å². The van der Waals surface area contributed by atoms with Crippen molar-refractivity contribution in [2.24, 2.45) is 0 Å². The molecule has 3 aromatic rings. The van der Waals surface area contributed by atoms with Crippen LogP contribution >= 0.6 is 34.7 Å². The van der Waals surface area contributed by atoms with Gasteiger partial charge in [-0.25, -0.2) is 9.97 Å². The Morgan fingerprint density at radius 2 is 2.08 bits per heavy atom. The Hall–Kier alpha value is -1.63. The summed E-state index contributed by atoms with van der Waals surface area (Å²) >= 11 is 9.42. The summed E-state index contributed by atoms with van der Waals surface area (Å²) in [5.74, 6) is 0.595. The molecule has 0 radical (unpaired) electrons. The average Bonchev–Trinajstić information content (AvgIpc) is 2.86. The summed E-state index contributed by atoms with van der Waals surface area (Å²) in [6.45, 7) is 6.15. The van der Waals surface area contributed by atoms with Crippen molar-refractivity contribution in [3.8, 4) is 0 Å². The first-order valence-electron chi connectivity index (χ1n) is 7.85. The number of benzene rings is 1. The van der Waals surface area contributed by atoms with Gasteiger partial charge in [-0.1, -0.05) is 17.7 Å². The van der Waals surface area contributed by atoms with Gasteiger partial charge in [0.25, 0.3) is 0 Å². The highest BCUT2D eigenvalue weighted by Gasteiger charge is 2.13. The standard InChI is InChI=1S/C18H18ClN3OS2/c1-10-4-5-14(13(19)8-10)22-15(23)6-7-24-17-16-11(2)12(3)25-18(16)21-9-20-17/h4-5,8-9H,6-7H2,1-3H3,(H,22,23). The molecule has 0 unspecified atom stereocenters. The normalized spacial score (nSPS) is 11.0. The minimum absolute atomic E-state index is 0.0539. The fraction of sp³-hybridized carbons (Fsp3) is 0.278. The van der Waals surface area contributed by atoms with Gasteiger partial charge in [0.05, 0.1) is 10.7 Å². The van der Waals surface area contributed by atoms with Gasteiger partial charge in [0.15, 0.2) is 0 Å². The maximum Gasteiger partial charge on any atom is 0.225 e. The molecule has 0 aliphatic rings. The van der Waals surface area contributed by atoms with E-state index < -0.39 is 0 Å². The van der Waals surface area contributed by atoms with Crippen LogP contribution in [-0.4, -0.2) is 21.6 Å². The molecule has 0 spiro atoms. The van der Waals surface area contributed by atoms with E-state index in [1.807, 2.05) is 25.1 Å². The predicted octanol–water partition coefficient (Wildman–Crippen LogP) is 5.39. The number of thioether (sulfide) groups is 1. The van der Waals surface area contributed by atoms with Gasteiger partial charge >= 0.3 is 0 Å². The number of thiophene rings is 1. The predicted molar refractivity (Wildman–Crippen MR) is 107 cm³/mol. The average molecular weight is 392 g/mol. The van der Waals surface area contributed by atoms with Crippen LogP contribution in [-0.2, 0) is 4.79 Å². The second-order valence-electron chi connectivity index (χ2n) is 5.77. The number of anilines is 1. The van der Waals surface area contributed by atoms with E-state index in [0.29, 0.717) is 22.9 Å². The maximum absolute atomic E-state index is 12.2. The van der Waals surface area contributed by atoms with Crippen LogP contribution in [0.3, 0.4) is 0 Å². The highest BCUT2D eigenvalue weighted by molar-refractivity contribution is 7.99. The lowest BCUT2D eigenvalue weighted by atomic mass is 10.2. The Kier molecular flexibility index (Phi) is 5.61. The molecule has 0 saturated heterocycles. The first-order chi connectivity index (χ1) is 12.0. The third-order valence-corrected chi connectivity index (χ3v) is 6.32. The Labute approximate surface area is 160 Å². The SMILES string of the molecule is Cc1ccc(NC(=O)CCSc2ncnc3sc(C)c(C)c23)c(Cl)c1. The topological polar surface area (TPSA) is 54.9 Å². The first-order valence-corrected chi connectivity index (χ1v) is 10.0. The maximum atomic E-state index is 12.2. The summed E-state index contributed by atoms with van der Waals surface area (Å²) in [6, 6.07) is 5.59. The van der Waals surface area contributed by atoms with Crippen LogP contribution < -0.4 is 5.32 Å². The summed E-state index contributed by atoms with van der Waals surface area (Å²) in [7, 11) is 0. The lowest BCUT2D eigenvalue weighted by Crippen LogP contribution is -2.12. The Morgan fingerprint density at radius 3 is 2.84 bits per heavy atom. The number of hydrogen-bond donors (Lipinski definition) is 1. The van der Waals surface area contributed by atoms with E-state index in [9.17, 15) is 4.79 Å². The number of aromatic nitrogens is 2. The monoisotopic (exact) mass is 391 g/mol. The molecule has 25 heavy (non-hydrogen) atoms. The molecule has 1 aromatic carbocycles. The van der Waals surface area contributed by atoms with Crippen LogP contribution in [0.5, 0.6) is 0 Å². The molecule has 2 aromatic heterocycles. The highest BCUT2D eigenvalue weighted by Crippen LogP contribution is 2.34. The molecule has 0 bridgehead atoms. The Balaban J connectivity index is 1.62. The van der Waals surface area contributed by atoms with Gasteiger partial charge in [-0.15, -0.1) is 23.1 Å². The third kappa shape index (κ3) is 4.14. The van der Waals surface area contributed by atoms with Gasteiger partial charge in [-0.3, -0.25) is 4.79 Å². The number of carbonyl (C=O) groups is 1. The van der Waals surface area contributed by atoms with Crippen LogP contribution in [0.15, 0.2) is 29.6 Å². The third-order valence-electron chi connectivity index (χ3n) is 3.90. The van der Waals surface area contributed by atoms with Crippen molar-refractivity contribution in [3.05, 3.63) is 45.6 Å². The Morgan fingerprint density at radius 1 is 1.28 bits per heavy atom. The fourth-order valence-electron chi connectivity index (χ4n) is 2.43. The minimum atomic E-state index is -0.0539. The van der Waals surface area contributed by atoms with Crippen molar-refractivity contribution < 1.29 is 4.79 Å². The molecule has 0 aliphatic heterocycles. The first kappa shape index (κ1) is 18.2. The molecule has 1 amide bonds. The van der Waals surface area contributed by atoms with Gasteiger partial charge in [0.1, 0.15) is 16.2 Å². The molecule has 0 atom stereocenters. The van der Waals surface area contributed by atoms with E-state index in [-0.39, 0.29) is 5.91 Å². The van der Waals surface area contributed by atoms with Gasteiger partial charge < -0.3 is 5.32 Å². The summed E-state index contributed by atoms with van der Waals surface area (Å²) in [5.41, 5.74) is 2.93. The number of aryl methyl sites for hydroxylation is 3. The van der Waals surface area contributed by atoms with E-state index in [2.05, 4.69) is 29.1 Å². The zero-order valence-corrected chi connectivity index (χ0v) is 16.6. The second kappa shape index (κ2) is 7.72. The number of rotatable bonds is 5. The summed E-state index contributed by atoms with van der Waals surface area (Å²) in [5, 5.41) is 5.47. The number of halogens is 1. The minimum Gasteiger partial charge on any atom is -0.325 e. The van der Waals surface area contributed by atoms with Crippen LogP contribution in [0.1, 0.15) is 22.4 Å². The van der Waals surface area contributed by atoms with Gasteiger partial charge in [-0.2, -0.15) is 0 Å². The van der Waals surface area contributed by atoms with Gasteiger partial charge in [0.2, 0.25) is 5.91 Å². The molecule has 3 rings (SSSR count).